The van der Waals surface area contributed by atoms with E-state index in [0.29, 0.717) is 17.2 Å². The lowest BCUT2D eigenvalue weighted by Crippen LogP contribution is -2.25. The molecule has 1 aliphatic rings. The van der Waals surface area contributed by atoms with Gasteiger partial charge in [0.05, 0.1) is 17.9 Å². The van der Waals surface area contributed by atoms with E-state index in [1.807, 2.05) is 32.1 Å². The predicted octanol–water partition coefficient (Wildman–Crippen LogP) is 4.18. The summed E-state index contributed by atoms with van der Waals surface area (Å²) in [7, 11) is 0. The van der Waals surface area contributed by atoms with Crippen LogP contribution in [0.4, 0.5) is 10.1 Å². The van der Waals surface area contributed by atoms with Crippen molar-refractivity contribution in [3.8, 4) is 0 Å². The van der Waals surface area contributed by atoms with Crippen LogP contribution in [0.3, 0.4) is 0 Å². The highest BCUT2D eigenvalue weighted by molar-refractivity contribution is 7.17. The van der Waals surface area contributed by atoms with Crippen LogP contribution >= 0.6 is 11.3 Å². The molecule has 2 aromatic heterocycles. The summed E-state index contributed by atoms with van der Waals surface area (Å²) in [5.74, 6) is -0.261. The second kappa shape index (κ2) is 6.53. The van der Waals surface area contributed by atoms with Crippen LogP contribution in [0.2, 0.25) is 0 Å². The van der Waals surface area contributed by atoms with E-state index in [4.69, 9.17) is 4.98 Å². The summed E-state index contributed by atoms with van der Waals surface area (Å²) in [5.41, 5.74) is 3.55. The maximum absolute atomic E-state index is 13.2. The van der Waals surface area contributed by atoms with Crippen molar-refractivity contribution in [2.75, 3.05) is 11.4 Å². The van der Waals surface area contributed by atoms with Crippen molar-refractivity contribution in [2.24, 2.45) is 0 Å². The van der Waals surface area contributed by atoms with E-state index in [1.54, 1.807) is 22.6 Å². The van der Waals surface area contributed by atoms with Crippen molar-refractivity contribution in [1.82, 2.24) is 9.38 Å². The van der Waals surface area contributed by atoms with Crippen molar-refractivity contribution in [2.45, 2.75) is 20.4 Å². The van der Waals surface area contributed by atoms with Crippen LogP contribution in [0.15, 0.2) is 53.4 Å². The van der Waals surface area contributed by atoms with Gasteiger partial charge in [0.15, 0.2) is 4.96 Å². The molecule has 26 heavy (non-hydrogen) atoms. The molecular formula is C20H18FN3OS. The molecule has 0 atom stereocenters. The first-order chi connectivity index (χ1) is 12.6. The number of rotatable bonds is 5. The molecule has 0 fully saturated rings. The Balaban J connectivity index is 1.71. The van der Waals surface area contributed by atoms with Crippen LogP contribution in [0.5, 0.6) is 0 Å². The lowest BCUT2D eigenvalue weighted by atomic mass is 10.0. The van der Waals surface area contributed by atoms with Crippen LogP contribution in [0.25, 0.3) is 10.5 Å². The lowest BCUT2D eigenvalue weighted by molar-refractivity contribution is 0.627. The Bertz CT molecular complexity index is 1090. The predicted molar refractivity (Wildman–Crippen MR) is 104 cm³/mol. The quantitative estimate of drug-likeness (QED) is 0.679. The molecule has 0 amide bonds. The summed E-state index contributed by atoms with van der Waals surface area (Å²) >= 11 is 1.53. The highest BCUT2D eigenvalue weighted by Gasteiger charge is 2.17. The third-order valence-corrected chi connectivity index (χ3v) is 5.45. The number of aryl methyl sites for hydroxylation is 1. The number of anilines is 1. The molecule has 6 heteroatoms. The Kier molecular flexibility index (Phi) is 4.20. The van der Waals surface area contributed by atoms with E-state index in [0.717, 1.165) is 28.4 Å². The standard InChI is InChI=1S/C20H18FN3OS/c1-3-23(17-9-7-15(21)8-10-17)12-16-11-18(25)24-19(14-5-4-6-14)13(2)26-20(24)22-16/h4-11H,3,12H2,1-2H3. The van der Waals surface area contributed by atoms with E-state index in [1.165, 1.54) is 23.5 Å². The smallest absolute Gasteiger partial charge is 0.259 e. The average molecular weight is 367 g/mol. The van der Waals surface area contributed by atoms with Crippen molar-refractivity contribution < 1.29 is 4.39 Å². The first-order valence-electron chi connectivity index (χ1n) is 8.48. The summed E-state index contributed by atoms with van der Waals surface area (Å²) < 4.78 is 14.9. The van der Waals surface area contributed by atoms with Crippen molar-refractivity contribution in [1.29, 1.82) is 0 Å². The van der Waals surface area contributed by atoms with E-state index in [2.05, 4.69) is 4.90 Å². The fraction of sp³-hybridized carbons (Fsp3) is 0.200. The highest BCUT2D eigenvalue weighted by Crippen LogP contribution is 2.30. The van der Waals surface area contributed by atoms with Crippen molar-refractivity contribution in [3.63, 3.8) is 0 Å². The molecule has 0 radical (unpaired) electrons. The van der Waals surface area contributed by atoms with Gasteiger partial charge in [-0.3, -0.25) is 9.20 Å². The summed E-state index contributed by atoms with van der Waals surface area (Å²) in [5, 5.41) is 0. The monoisotopic (exact) mass is 367 g/mol. The van der Waals surface area contributed by atoms with Gasteiger partial charge in [0, 0.05) is 23.2 Å². The number of halogens is 1. The molecule has 0 aliphatic heterocycles. The van der Waals surface area contributed by atoms with Gasteiger partial charge in [0.1, 0.15) is 5.82 Å². The maximum Gasteiger partial charge on any atom is 0.259 e. The maximum atomic E-state index is 13.2. The van der Waals surface area contributed by atoms with Gasteiger partial charge >= 0.3 is 0 Å². The number of aromatic nitrogens is 2. The Hall–Kier alpha value is -2.73. The fourth-order valence-corrected chi connectivity index (χ4v) is 4.14. The van der Waals surface area contributed by atoms with Gasteiger partial charge in [-0.15, -0.1) is 11.3 Å². The molecule has 132 valence electrons. The summed E-state index contributed by atoms with van der Waals surface area (Å²) in [6.07, 6.45) is 5.97. The number of benzene rings is 1. The summed E-state index contributed by atoms with van der Waals surface area (Å²) in [6.45, 7) is 5.27. The molecule has 4 nitrogen and oxygen atoms in total. The Morgan fingerprint density at radius 1 is 1.27 bits per heavy atom. The zero-order chi connectivity index (χ0) is 18.3. The van der Waals surface area contributed by atoms with Gasteiger partial charge in [-0.2, -0.15) is 0 Å². The molecule has 0 bridgehead atoms. The van der Waals surface area contributed by atoms with Gasteiger partial charge in [0.25, 0.3) is 5.56 Å². The van der Waals surface area contributed by atoms with Gasteiger partial charge in [0.2, 0.25) is 0 Å². The first kappa shape index (κ1) is 16.7. The molecule has 2 heterocycles. The molecule has 0 saturated heterocycles. The zero-order valence-electron chi connectivity index (χ0n) is 14.6. The molecule has 0 spiro atoms. The minimum atomic E-state index is -0.261. The molecule has 0 unspecified atom stereocenters. The number of nitrogens with zero attached hydrogens (tertiary/aromatic N) is 3. The number of hydrogen-bond donors (Lipinski definition) is 0. The topological polar surface area (TPSA) is 37.6 Å². The van der Waals surface area contributed by atoms with E-state index in [-0.39, 0.29) is 11.4 Å². The Morgan fingerprint density at radius 2 is 2.00 bits per heavy atom. The summed E-state index contributed by atoms with van der Waals surface area (Å²) in [4.78, 5) is 21.3. The van der Waals surface area contributed by atoms with E-state index in [9.17, 15) is 9.18 Å². The number of thiazole rings is 1. The van der Waals surface area contributed by atoms with Gasteiger partial charge < -0.3 is 4.90 Å². The van der Waals surface area contributed by atoms with Gasteiger partial charge in [-0.25, -0.2) is 9.37 Å². The molecule has 0 N–H and O–H groups in total. The molecule has 1 aliphatic carbocycles. The van der Waals surface area contributed by atoms with Crippen LogP contribution in [-0.2, 0) is 6.54 Å². The fourth-order valence-electron chi connectivity index (χ4n) is 3.12. The first-order valence-corrected chi connectivity index (χ1v) is 9.30. The largest absolute Gasteiger partial charge is 0.366 e. The minimum Gasteiger partial charge on any atom is -0.366 e. The third kappa shape index (κ3) is 2.86. The lowest BCUT2D eigenvalue weighted by Gasteiger charge is -2.22. The van der Waals surface area contributed by atoms with Crippen LogP contribution in [0.1, 0.15) is 23.2 Å². The molecular weight excluding hydrogens is 349 g/mol. The summed E-state index contributed by atoms with van der Waals surface area (Å²) in [6, 6.07) is 7.97. The Labute approximate surface area is 154 Å². The Morgan fingerprint density at radius 3 is 2.62 bits per heavy atom. The average Bonchev–Trinajstić information content (AvgIpc) is 2.89. The molecule has 3 aromatic rings. The second-order valence-corrected chi connectivity index (χ2v) is 7.36. The van der Waals surface area contributed by atoms with Crippen LogP contribution in [-0.4, -0.2) is 15.9 Å². The molecule has 4 rings (SSSR count). The number of allylic oxidation sites excluding steroid dienone is 4. The van der Waals surface area contributed by atoms with E-state index < -0.39 is 0 Å². The van der Waals surface area contributed by atoms with Crippen molar-refractivity contribution >= 4 is 27.6 Å². The third-order valence-electron chi connectivity index (χ3n) is 4.49. The minimum absolute atomic E-state index is 0.0688. The normalized spacial score (nSPS) is 13.0. The number of hydrogen-bond acceptors (Lipinski definition) is 4. The van der Waals surface area contributed by atoms with Crippen LogP contribution < -0.4 is 10.5 Å². The SMILES string of the molecule is CCN(Cc1cc(=O)n2c(C3=CC=C3)c(C)sc2n1)c1ccc(F)cc1. The molecule has 1 aromatic carbocycles. The zero-order valence-corrected chi connectivity index (χ0v) is 15.4. The molecule has 0 saturated carbocycles. The van der Waals surface area contributed by atoms with Crippen LogP contribution in [0, 0.1) is 12.7 Å². The van der Waals surface area contributed by atoms with Crippen molar-refractivity contribution in [3.05, 3.63) is 81.0 Å². The second-order valence-electron chi connectivity index (χ2n) is 6.18. The van der Waals surface area contributed by atoms with Gasteiger partial charge in [-0.05, 0) is 43.7 Å². The number of fused-ring (bicyclic) bond motifs is 1. The van der Waals surface area contributed by atoms with Gasteiger partial charge in [-0.1, -0.05) is 18.2 Å². The van der Waals surface area contributed by atoms with E-state index >= 15 is 0 Å². The highest BCUT2D eigenvalue weighted by atomic mass is 32.1.